The fourth-order valence-electron chi connectivity index (χ4n) is 4.75. The maximum atomic E-state index is 13.9. The number of nitrogens with one attached hydrogen (secondary N) is 1. The molecule has 0 aliphatic carbocycles. The van der Waals surface area contributed by atoms with Gasteiger partial charge in [0.15, 0.2) is 0 Å². The molecule has 0 unspecified atom stereocenters. The highest BCUT2D eigenvalue weighted by molar-refractivity contribution is 7.10. The Morgan fingerprint density at radius 1 is 1.07 bits per heavy atom. The Hall–Kier alpha value is -3.66. The van der Waals surface area contributed by atoms with Gasteiger partial charge in [-0.3, -0.25) is 14.4 Å². The maximum Gasteiger partial charge on any atom is 0.305 e. The molecule has 1 fully saturated rings. The van der Waals surface area contributed by atoms with Gasteiger partial charge in [-0.1, -0.05) is 36.4 Å². The molecule has 1 N–H and O–H groups in total. The normalized spacial score (nSPS) is 14.2. The van der Waals surface area contributed by atoms with E-state index < -0.39 is 5.92 Å². The highest BCUT2D eigenvalue weighted by Gasteiger charge is 2.27. The number of benzene rings is 2. The SMILES string of the molecule is COC(=O)CCCCC(=O)N1CCC(c2nc(C(=O)Nc3ccccc3-c3cccc(C(C)(F)F)c3)cs2)CC1. The number of halogens is 2. The number of ether oxygens (including phenoxy) is 1. The molecule has 0 atom stereocenters. The molecule has 40 heavy (non-hydrogen) atoms. The van der Waals surface area contributed by atoms with Gasteiger partial charge in [0.05, 0.1) is 12.1 Å². The van der Waals surface area contributed by atoms with Gasteiger partial charge in [0, 0.05) is 61.0 Å². The van der Waals surface area contributed by atoms with Crippen molar-refractivity contribution >= 4 is 34.8 Å². The standard InChI is InChI=1S/C30H33F2N3O4S/c1-30(31,32)22-9-7-8-21(18-22)23-10-3-4-11-24(23)33-28(38)25-19-40-29(34-25)20-14-16-35(17-15-20)26(36)12-5-6-13-27(37)39-2/h3-4,7-11,18-20H,5-6,12-17H2,1-2H3,(H,33,38). The number of alkyl halides is 2. The summed E-state index contributed by atoms with van der Waals surface area (Å²) in [7, 11) is 1.36. The van der Waals surface area contributed by atoms with Crippen LogP contribution in [-0.2, 0) is 20.2 Å². The minimum atomic E-state index is -2.97. The molecule has 0 bridgehead atoms. The number of unbranched alkanes of at least 4 members (excludes halogenated alkanes) is 1. The van der Waals surface area contributed by atoms with Gasteiger partial charge in [-0.05, 0) is 43.4 Å². The Morgan fingerprint density at radius 2 is 1.80 bits per heavy atom. The van der Waals surface area contributed by atoms with E-state index in [1.54, 1.807) is 41.8 Å². The van der Waals surface area contributed by atoms with Crippen molar-refractivity contribution in [3.05, 3.63) is 70.2 Å². The molecular formula is C30H33F2N3O4S. The van der Waals surface area contributed by atoms with Gasteiger partial charge in [0.25, 0.3) is 11.8 Å². The van der Waals surface area contributed by atoms with Gasteiger partial charge in [-0.25, -0.2) is 13.8 Å². The van der Waals surface area contributed by atoms with Crippen LogP contribution in [0.4, 0.5) is 14.5 Å². The molecule has 1 aliphatic rings. The van der Waals surface area contributed by atoms with Crippen molar-refractivity contribution in [1.82, 2.24) is 9.88 Å². The van der Waals surface area contributed by atoms with E-state index in [2.05, 4.69) is 15.0 Å². The lowest BCUT2D eigenvalue weighted by Gasteiger charge is -2.31. The number of carbonyl (C=O) groups excluding carboxylic acids is 3. The Balaban J connectivity index is 1.34. The molecule has 3 aromatic rings. The predicted molar refractivity (Wildman–Crippen MR) is 151 cm³/mol. The number of methoxy groups -OCH3 is 1. The van der Waals surface area contributed by atoms with Crippen LogP contribution in [-0.4, -0.2) is 47.9 Å². The predicted octanol–water partition coefficient (Wildman–Crippen LogP) is 6.61. The molecule has 1 saturated heterocycles. The molecule has 2 heterocycles. The van der Waals surface area contributed by atoms with E-state index in [1.807, 2.05) is 4.90 Å². The van der Waals surface area contributed by atoms with Gasteiger partial charge in [0.2, 0.25) is 5.91 Å². The molecule has 10 heteroatoms. The largest absolute Gasteiger partial charge is 0.469 e. The molecule has 1 aromatic heterocycles. The van der Waals surface area contributed by atoms with Gasteiger partial charge < -0.3 is 15.0 Å². The van der Waals surface area contributed by atoms with E-state index >= 15 is 0 Å². The molecule has 2 amide bonds. The Kier molecular flexibility index (Phi) is 9.63. The van der Waals surface area contributed by atoms with Crippen LogP contribution in [0, 0.1) is 0 Å². The van der Waals surface area contributed by atoms with Crippen LogP contribution in [0.15, 0.2) is 53.9 Å². The zero-order chi connectivity index (χ0) is 28.7. The number of likely N-dealkylation sites (tertiary alicyclic amines) is 1. The summed E-state index contributed by atoms with van der Waals surface area (Å²) >= 11 is 1.43. The van der Waals surface area contributed by atoms with Crippen molar-refractivity contribution in [2.75, 3.05) is 25.5 Å². The number of rotatable bonds is 10. The van der Waals surface area contributed by atoms with E-state index in [1.165, 1.54) is 30.6 Å². The van der Waals surface area contributed by atoms with Gasteiger partial charge in [0.1, 0.15) is 5.69 Å². The van der Waals surface area contributed by atoms with E-state index in [-0.39, 0.29) is 29.3 Å². The first kappa shape index (κ1) is 29.3. The first-order valence-corrected chi connectivity index (χ1v) is 14.2. The van der Waals surface area contributed by atoms with E-state index in [9.17, 15) is 23.2 Å². The third-order valence-corrected chi connectivity index (χ3v) is 8.06. The number of amides is 2. The smallest absolute Gasteiger partial charge is 0.305 e. The van der Waals surface area contributed by atoms with Gasteiger partial charge >= 0.3 is 5.97 Å². The molecule has 4 rings (SSSR count). The van der Waals surface area contributed by atoms with Crippen LogP contribution >= 0.6 is 11.3 Å². The lowest BCUT2D eigenvalue weighted by atomic mass is 9.97. The highest BCUT2D eigenvalue weighted by atomic mass is 32.1. The first-order valence-electron chi connectivity index (χ1n) is 13.3. The monoisotopic (exact) mass is 569 g/mol. The van der Waals surface area contributed by atoms with E-state index in [4.69, 9.17) is 0 Å². The number of hydrogen-bond donors (Lipinski definition) is 1. The highest BCUT2D eigenvalue weighted by Crippen LogP contribution is 2.34. The van der Waals surface area contributed by atoms with Crippen molar-refractivity contribution in [1.29, 1.82) is 0 Å². The number of esters is 1. The van der Waals surface area contributed by atoms with Crippen LogP contribution < -0.4 is 5.32 Å². The van der Waals surface area contributed by atoms with Gasteiger partial charge in [-0.2, -0.15) is 0 Å². The molecule has 1 aliphatic heterocycles. The number of para-hydroxylation sites is 1. The second-order valence-corrected chi connectivity index (χ2v) is 10.9. The average molecular weight is 570 g/mol. The summed E-state index contributed by atoms with van der Waals surface area (Å²) in [4.78, 5) is 43.3. The maximum absolute atomic E-state index is 13.9. The summed E-state index contributed by atoms with van der Waals surface area (Å²) < 4.78 is 32.4. The van der Waals surface area contributed by atoms with Crippen LogP contribution in [0.25, 0.3) is 11.1 Å². The number of hydrogen-bond acceptors (Lipinski definition) is 6. The second kappa shape index (κ2) is 13.1. The van der Waals surface area contributed by atoms with Crippen molar-refractivity contribution in [2.45, 2.75) is 57.3 Å². The number of piperidine rings is 1. The first-order chi connectivity index (χ1) is 19.2. The van der Waals surface area contributed by atoms with Crippen molar-refractivity contribution in [2.24, 2.45) is 0 Å². The van der Waals surface area contributed by atoms with Crippen LogP contribution in [0.5, 0.6) is 0 Å². The zero-order valence-corrected chi connectivity index (χ0v) is 23.4. The zero-order valence-electron chi connectivity index (χ0n) is 22.6. The second-order valence-electron chi connectivity index (χ2n) is 9.98. The lowest BCUT2D eigenvalue weighted by Crippen LogP contribution is -2.37. The Labute approximate surface area is 236 Å². The fourth-order valence-corrected chi connectivity index (χ4v) is 5.72. The summed E-state index contributed by atoms with van der Waals surface area (Å²) in [6, 6.07) is 13.2. The topological polar surface area (TPSA) is 88.6 Å². The molecule has 212 valence electrons. The summed E-state index contributed by atoms with van der Waals surface area (Å²) in [6.07, 6.45) is 3.55. The van der Waals surface area contributed by atoms with Gasteiger partial charge in [-0.15, -0.1) is 11.3 Å². The number of aromatic nitrogens is 1. The third-order valence-electron chi connectivity index (χ3n) is 7.06. The quantitative estimate of drug-likeness (QED) is 0.219. The van der Waals surface area contributed by atoms with E-state index in [0.29, 0.717) is 61.3 Å². The lowest BCUT2D eigenvalue weighted by molar-refractivity contribution is -0.141. The molecule has 2 aromatic carbocycles. The summed E-state index contributed by atoms with van der Waals surface area (Å²) in [5.74, 6) is -3.34. The van der Waals surface area contributed by atoms with Crippen molar-refractivity contribution in [3.8, 4) is 11.1 Å². The van der Waals surface area contributed by atoms with Crippen molar-refractivity contribution in [3.63, 3.8) is 0 Å². The summed E-state index contributed by atoms with van der Waals surface area (Å²) in [5.41, 5.74) is 1.93. The summed E-state index contributed by atoms with van der Waals surface area (Å²) in [5, 5.41) is 5.48. The third kappa shape index (κ3) is 7.50. The average Bonchev–Trinajstić information content (AvgIpc) is 3.46. The minimum absolute atomic E-state index is 0.0920. The number of nitrogens with zero attached hydrogens (tertiary/aromatic N) is 2. The number of thiazole rings is 1. The van der Waals surface area contributed by atoms with E-state index in [0.717, 1.165) is 24.8 Å². The van der Waals surface area contributed by atoms with Crippen molar-refractivity contribution < 1.29 is 27.9 Å². The number of carbonyl (C=O) groups is 3. The molecule has 0 saturated carbocycles. The van der Waals surface area contributed by atoms with Crippen LogP contribution in [0.2, 0.25) is 0 Å². The molecular weight excluding hydrogens is 536 g/mol. The molecule has 7 nitrogen and oxygen atoms in total. The minimum Gasteiger partial charge on any atom is -0.469 e. The molecule has 0 spiro atoms. The molecule has 0 radical (unpaired) electrons. The Morgan fingerprint density at radius 3 is 2.52 bits per heavy atom. The summed E-state index contributed by atoms with van der Waals surface area (Å²) in [6.45, 7) is 2.12. The van der Waals surface area contributed by atoms with Crippen LogP contribution in [0.1, 0.15) is 72.4 Å². The Bertz CT molecular complexity index is 1350. The number of anilines is 1. The fraction of sp³-hybridized carbons (Fsp3) is 0.400. The van der Waals surface area contributed by atoms with Crippen LogP contribution in [0.3, 0.4) is 0 Å².